The van der Waals surface area contributed by atoms with E-state index in [1.54, 1.807) is 0 Å². The maximum atomic E-state index is 6.15. The van der Waals surface area contributed by atoms with Crippen molar-refractivity contribution in [3.63, 3.8) is 0 Å². The van der Waals surface area contributed by atoms with Crippen molar-refractivity contribution in [2.45, 2.75) is 38.7 Å². The zero-order valence-electron chi connectivity index (χ0n) is 12.4. The van der Waals surface area contributed by atoms with Crippen LogP contribution in [-0.2, 0) is 11.2 Å². The number of hydrogen-bond donors (Lipinski definition) is 1. The first kappa shape index (κ1) is 13.9. The molecular formula is C17H25NO2. The highest BCUT2D eigenvalue weighted by Gasteiger charge is 2.37. The first-order valence-corrected chi connectivity index (χ1v) is 7.84. The minimum atomic E-state index is 0.337. The molecule has 1 atom stereocenters. The van der Waals surface area contributed by atoms with Crippen molar-refractivity contribution in [2.75, 3.05) is 26.3 Å². The van der Waals surface area contributed by atoms with Crippen molar-refractivity contribution in [1.82, 2.24) is 5.32 Å². The van der Waals surface area contributed by atoms with Crippen LogP contribution in [0.3, 0.4) is 0 Å². The van der Waals surface area contributed by atoms with Crippen LogP contribution in [0.2, 0.25) is 0 Å². The molecule has 0 aromatic heterocycles. The molecule has 1 saturated heterocycles. The van der Waals surface area contributed by atoms with Crippen molar-refractivity contribution >= 4 is 0 Å². The van der Waals surface area contributed by atoms with E-state index in [1.165, 1.54) is 5.56 Å². The van der Waals surface area contributed by atoms with Crippen LogP contribution in [0.25, 0.3) is 0 Å². The molecule has 2 aliphatic rings. The van der Waals surface area contributed by atoms with Gasteiger partial charge >= 0.3 is 0 Å². The van der Waals surface area contributed by atoms with E-state index in [0.29, 0.717) is 11.5 Å². The Balaban J connectivity index is 1.65. The van der Waals surface area contributed by atoms with Crippen LogP contribution in [0.5, 0.6) is 5.75 Å². The summed E-state index contributed by atoms with van der Waals surface area (Å²) in [4.78, 5) is 0. The molecule has 3 heteroatoms. The third-order valence-electron chi connectivity index (χ3n) is 4.68. The summed E-state index contributed by atoms with van der Waals surface area (Å²) in [6, 6.07) is 8.45. The van der Waals surface area contributed by atoms with Gasteiger partial charge in [0.15, 0.2) is 0 Å². The Hall–Kier alpha value is -1.06. The van der Waals surface area contributed by atoms with Crippen LogP contribution in [-0.4, -0.2) is 32.4 Å². The first-order chi connectivity index (χ1) is 9.81. The van der Waals surface area contributed by atoms with Crippen LogP contribution in [0, 0.1) is 5.41 Å². The second-order valence-corrected chi connectivity index (χ2v) is 6.15. The number of fused-ring (bicyclic) bond motifs is 1. The number of hydrogen-bond acceptors (Lipinski definition) is 3. The Labute approximate surface area is 121 Å². The average Bonchev–Trinajstić information content (AvgIpc) is 2.88. The van der Waals surface area contributed by atoms with Gasteiger partial charge in [0.2, 0.25) is 0 Å². The van der Waals surface area contributed by atoms with E-state index in [-0.39, 0.29) is 0 Å². The zero-order chi connectivity index (χ0) is 13.8. The summed E-state index contributed by atoms with van der Waals surface area (Å²) in [5.74, 6) is 1.09. The molecule has 0 aliphatic carbocycles. The number of ether oxygens (including phenoxy) is 2. The molecule has 3 nitrogen and oxygen atoms in total. The van der Waals surface area contributed by atoms with Gasteiger partial charge in [0.25, 0.3) is 0 Å². The highest BCUT2D eigenvalue weighted by molar-refractivity contribution is 5.37. The maximum absolute atomic E-state index is 6.15. The van der Waals surface area contributed by atoms with Gasteiger partial charge in [-0.2, -0.15) is 0 Å². The fourth-order valence-corrected chi connectivity index (χ4v) is 3.50. The third-order valence-corrected chi connectivity index (χ3v) is 4.68. The molecule has 0 amide bonds. The molecule has 0 spiro atoms. The molecule has 20 heavy (non-hydrogen) atoms. The van der Waals surface area contributed by atoms with Crippen molar-refractivity contribution < 1.29 is 9.47 Å². The van der Waals surface area contributed by atoms with Crippen molar-refractivity contribution in [3.05, 3.63) is 29.8 Å². The van der Waals surface area contributed by atoms with Crippen molar-refractivity contribution in [1.29, 1.82) is 0 Å². The second-order valence-electron chi connectivity index (χ2n) is 6.15. The molecular weight excluding hydrogens is 250 g/mol. The lowest BCUT2D eigenvalue weighted by atomic mass is 9.75. The van der Waals surface area contributed by atoms with Crippen LogP contribution in [0.4, 0.5) is 0 Å². The standard InChI is InChI=1S/C17H25NO2/c1-2-18-13-17(7-9-19-10-8-17)12-15-11-14-5-3-4-6-16(14)20-15/h3-6,15,18H,2,7-13H2,1H3. The molecule has 0 saturated carbocycles. The summed E-state index contributed by atoms with van der Waals surface area (Å²) in [6.45, 7) is 6.09. The van der Waals surface area contributed by atoms with Gasteiger partial charge in [-0.05, 0) is 42.9 Å². The second kappa shape index (κ2) is 6.15. The Morgan fingerprint density at radius 3 is 2.80 bits per heavy atom. The Morgan fingerprint density at radius 1 is 1.25 bits per heavy atom. The lowest BCUT2D eigenvalue weighted by molar-refractivity contribution is -0.00573. The predicted octanol–water partition coefficient (Wildman–Crippen LogP) is 2.79. The molecule has 1 N–H and O–H groups in total. The molecule has 3 rings (SSSR count). The minimum Gasteiger partial charge on any atom is -0.490 e. The van der Waals surface area contributed by atoms with Gasteiger partial charge in [0.05, 0.1) is 0 Å². The lowest BCUT2D eigenvalue weighted by Gasteiger charge is -2.39. The van der Waals surface area contributed by atoms with Gasteiger partial charge in [0.1, 0.15) is 11.9 Å². The molecule has 1 aromatic rings. The van der Waals surface area contributed by atoms with E-state index in [4.69, 9.17) is 9.47 Å². The third kappa shape index (κ3) is 2.99. The summed E-state index contributed by atoms with van der Waals surface area (Å²) in [6.07, 6.45) is 4.83. The minimum absolute atomic E-state index is 0.337. The van der Waals surface area contributed by atoms with Gasteiger partial charge < -0.3 is 14.8 Å². The van der Waals surface area contributed by atoms with E-state index in [0.717, 1.165) is 57.7 Å². The van der Waals surface area contributed by atoms with Gasteiger partial charge in [-0.1, -0.05) is 25.1 Å². The monoisotopic (exact) mass is 275 g/mol. The number of nitrogens with one attached hydrogen (secondary N) is 1. The Kier molecular flexibility index (Phi) is 4.27. The largest absolute Gasteiger partial charge is 0.490 e. The van der Waals surface area contributed by atoms with E-state index in [1.807, 2.05) is 0 Å². The maximum Gasteiger partial charge on any atom is 0.123 e. The SMILES string of the molecule is CCNCC1(CC2Cc3ccccc3O2)CCOCC1. The molecule has 2 heterocycles. The van der Waals surface area contributed by atoms with Crippen LogP contribution >= 0.6 is 0 Å². The lowest BCUT2D eigenvalue weighted by Crippen LogP contribution is -2.42. The molecule has 1 fully saturated rings. The Bertz CT molecular complexity index is 415. The summed E-state index contributed by atoms with van der Waals surface area (Å²) >= 11 is 0. The molecule has 110 valence electrons. The molecule has 0 radical (unpaired) electrons. The van der Waals surface area contributed by atoms with Gasteiger partial charge in [-0.25, -0.2) is 0 Å². The zero-order valence-corrected chi connectivity index (χ0v) is 12.4. The molecule has 0 bridgehead atoms. The van der Waals surface area contributed by atoms with E-state index in [2.05, 4.69) is 36.5 Å². The number of para-hydroxylation sites is 1. The quantitative estimate of drug-likeness (QED) is 0.896. The predicted molar refractivity (Wildman–Crippen MR) is 80.2 cm³/mol. The van der Waals surface area contributed by atoms with Crippen molar-refractivity contribution in [2.24, 2.45) is 5.41 Å². The highest BCUT2D eigenvalue weighted by atomic mass is 16.5. The normalized spacial score (nSPS) is 24.1. The van der Waals surface area contributed by atoms with E-state index < -0.39 is 0 Å². The van der Waals surface area contributed by atoms with E-state index >= 15 is 0 Å². The van der Waals surface area contributed by atoms with Crippen molar-refractivity contribution in [3.8, 4) is 5.75 Å². The van der Waals surface area contributed by atoms with Crippen LogP contribution in [0.15, 0.2) is 24.3 Å². The summed E-state index contributed by atoms with van der Waals surface area (Å²) in [5, 5.41) is 3.54. The number of benzene rings is 1. The highest BCUT2D eigenvalue weighted by Crippen LogP contribution is 2.39. The number of rotatable bonds is 5. The van der Waals surface area contributed by atoms with Gasteiger partial charge in [0, 0.05) is 26.2 Å². The van der Waals surface area contributed by atoms with E-state index in [9.17, 15) is 0 Å². The van der Waals surface area contributed by atoms with Gasteiger partial charge in [-0.3, -0.25) is 0 Å². The summed E-state index contributed by atoms with van der Waals surface area (Å²) < 4.78 is 11.7. The van der Waals surface area contributed by atoms with Crippen LogP contribution < -0.4 is 10.1 Å². The fourth-order valence-electron chi connectivity index (χ4n) is 3.50. The fraction of sp³-hybridized carbons (Fsp3) is 0.647. The summed E-state index contributed by atoms with van der Waals surface area (Å²) in [5.41, 5.74) is 1.71. The topological polar surface area (TPSA) is 30.5 Å². The molecule has 2 aliphatic heterocycles. The smallest absolute Gasteiger partial charge is 0.123 e. The summed E-state index contributed by atoms with van der Waals surface area (Å²) in [7, 11) is 0. The molecule has 1 aromatic carbocycles. The Morgan fingerprint density at radius 2 is 2.05 bits per heavy atom. The molecule has 1 unspecified atom stereocenters. The van der Waals surface area contributed by atoms with Crippen LogP contribution in [0.1, 0.15) is 31.7 Å². The average molecular weight is 275 g/mol. The first-order valence-electron chi connectivity index (χ1n) is 7.84. The van der Waals surface area contributed by atoms with Gasteiger partial charge in [-0.15, -0.1) is 0 Å².